The molecular formula is C22H34O4. The molecule has 1 heterocycles. The molecule has 0 aromatic rings. The standard InChI is InChI=1S/C22H34O4/c1-20(2)8-6-9-21(3)17(20)7-10-22(4)19(21)18(25-5)13-11-14(23)15(24)12-16(13)26-22/h11-12,14-15,17-19,23-24H,6-10H2,1-5H3/t14?,15?,17-,18+,19+,21-,22-/m0/s1. The Kier molecular flexibility index (Phi) is 4.15. The SMILES string of the molecule is CO[C@@H]1C2=CC(O)C(O)C=C2O[C@@]2(C)CC[C@H]3C(C)(C)CCC[C@]3(C)[C@@H]12. The van der Waals surface area contributed by atoms with Crippen molar-refractivity contribution in [3.05, 3.63) is 23.5 Å². The summed E-state index contributed by atoms with van der Waals surface area (Å²) >= 11 is 0. The van der Waals surface area contributed by atoms with E-state index in [1.807, 2.05) is 0 Å². The molecule has 26 heavy (non-hydrogen) atoms. The van der Waals surface area contributed by atoms with Gasteiger partial charge in [0.15, 0.2) is 0 Å². The van der Waals surface area contributed by atoms with E-state index in [4.69, 9.17) is 9.47 Å². The fourth-order valence-electron chi connectivity index (χ4n) is 7.06. The van der Waals surface area contributed by atoms with Crippen molar-refractivity contribution in [2.45, 2.75) is 83.7 Å². The Balaban J connectivity index is 1.81. The molecule has 2 N–H and O–H groups in total. The molecule has 0 spiro atoms. The maximum absolute atomic E-state index is 10.2. The molecule has 1 saturated heterocycles. The molecule has 7 atom stereocenters. The molecule has 0 amide bonds. The fraction of sp³-hybridized carbons (Fsp3) is 0.818. The third-order valence-electron chi connectivity index (χ3n) is 8.09. The molecule has 0 aromatic heterocycles. The van der Waals surface area contributed by atoms with Crippen LogP contribution >= 0.6 is 0 Å². The van der Waals surface area contributed by atoms with Gasteiger partial charge in [0, 0.05) is 18.6 Å². The predicted molar refractivity (Wildman–Crippen MR) is 100 cm³/mol. The van der Waals surface area contributed by atoms with Gasteiger partial charge < -0.3 is 19.7 Å². The van der Waals surface area contributed by atoms with Gasteiger partial charge in [-0.2, -0.15) is 0 Å². The molecule has 4 nitrogen and oxygen atoms in total. The minimum absolute atomic E-state index is 0.108. The highest BCUT2D eigenvalue weighted by Crippen LogP contribution is 2.66. The Morgan fingerprint density at radius 1 is 1.04 bits per heavy atom. The zero-order valence-corrected chi connectivity index (χ0v) is 16.8. The third kappa shape index (κ3) is 2.45. The van der Waals surface area contributed by atoms with Gasteiger partial charge in [-0.15, -0.1) is 0 Å². The molecule has 2 saturated carbocycles. The van der Waals surface area contributed by atoms with Gasteiger partial charge in [-0.1, -0.05) is 27.2 Å². The van der Waals surface area contributed by atoms with E-state index >= 15 is 0 Å². The van der Waals surface area contributed by atoms with Crippen molar-refractivity contribution in [3.63, 3.8) is 0 Å². The zero-order chi connectivity index (χ0) is 18.9. The molecule has 3 aliphatic carbocycles. The number of ether oxygens (including phenoxy) is 2. The Hall–Kier alpha value is -0.840. The maximum atomic E-state index is 10.2. The number of fused-ring (bicyclic) bond motifs is 4. The molecule has 4 rings (SSSR count). The fourth-order valence-corrected chi connectivity index (χ4v) is 7.06. The summed E-state index contributed by atoms with van der Waals surface area (Å²) in [6.07, 6.45) is 7.39. The minimum Gasteiger partial charge on any atom is -0.487 e. The summed E-state index contributed by atoms with van der Waals surface area (Å²) in [7, 11) is 1.77. The summed E-state index contributed by atoms with van der Waals surface area (Å²) in [6, 6.07) is 0. The Labute approximate surface area is 157 Å². The van der Waals surface area contributed by atoms with Crippen LogP contribution in [0.5, 0.6) is 0 Å². The number of hydrogen-bond donors (Lipinski definition) is 2. The second-order valence-corrected chi connectivity index (χ2v) is 10.1. The zero-order valence-electron chi connectivity index (χ0n) is 16.8. The lowest BCUT2D eigenvalue weighted by molar-refractivity contribution is -0.219. The number of hydrogen-bond acceptors (Lipinski definition) is 4. The summed E-state index contributed by atoms with van der Waals surface area (Å²) in [6.45, 7) is 9.52. The Bertz CT molecular complexity index is 651. The molecule has 4 heteroatoms. The molecule has 4 aliphatic rings. The van der Waals surface area contributed by atoms with E-state index in [1.54, 1.807) is 19.3 Å². The minimum atomic E-state index is -0.910. The van der Waals surface area contributed by atoms with Crippen molar-refractivity contribution < 1.29 is 19.7 Å². The second kappa shape index (κ2) is 5.83. The van der Waals surface area contributed by atoms with Crippen molar-refractivity contribution in [3.8, 4) is 0 Å². The molecule has 0 bridgehead atoms. The third-order valence-corrected chi connectivity index (χ3v) is 8.09. The van der Waals surface area contributed by atoms with Gasteiger partial charge in [-0.3, -0.25) is 0 Å². The van der Waals surface area contributed by atoms with E-state index in [0.29, 0.717) is 17.1 Å². The molecule has 2 unspecified atom stereocenters. The summed E-state index contributed by atoms with van der Waals surface area (Å²) in [5, 5.41) is 20.3. The number of aliphatic hydroxyl groups excluding tert-OH is 2. The molecule has 0 radical (unpaired) electrons. The summed E-state index contributed by atoms with van der Waals surface area (Å²) in [4.78, 5) is 0. The monoisotopic (exact) mass is 362 g/mol. The first-order valence-corrected chi connectivity index (χ1v) is 10.1. The van der Waals surface area contributed by atoms with Crippen molar-refractivity contribution in [2.75, 3.05) is 7.11 Å². The summed E-state index contributed by atoms with van der Waals surface area (Å²) in [5.41, 5.74) is 1.09. The van der Waals surface area contributed by atoms with Crippen molar-refractivity contribution in [1.82, 2.24) is 0 Å². The quantitative estimate of drug-likeness (QED) is 0.749. The normalized spacial score (nSPS) is 49.7. The largest absolute Gasteiger partial charge is 0.487 e. The first-order valence-electron chi connectivity index (χ1n) is 10.1. The Morgan fingerprint density at radius 2 is 1.73 bits per heavy atom. The van der Waals surface area contributed by atoms with Gasteiger partial charge in [-0.05, 0) is 61.5 Å². The first-order chi connectivity index (χ1) is 12.1. The van der Waals surface area contributed by atoms with Crippen LogP contribution in [-0.4, -0.2) is 41.2 Å². The van der Waals surface area contributed by atoms with Crippen molar-refractivity contribution in [1.29, 1.82) is 0 Å². The van der Waals surface area contributed by atoms with Gasteiger partial charge in [0.2, 0.25) is 0 Å². The van der Waals surface area contributed by atoms with Crippen LogP contribution < -0.4 is 0 Å². The van der Waals surface area contributed by atoms with Crippen molar-refractivity contribution in [2.24, 2.45) is 22.7 Å². The highest BCUT2D eigenvalue weighted by molar-refractivity contribution is 5.41. The lowest BCUT2D eigenvalue weighted by Gasteiger charge is -2.65. The van der Waals surface area contributed by atoms with Crippen LogP contribution in [0.4, 0.5) is 0 Å². The van der Waals surface area contributed by atoms with Crippen LogP contribution in [0.3, 0.4) is 0 Å². The van der Waals surface area contributed by atoms with Gasteiger partial charge >= 0.3 is 0 Å². The summed E-state index contributed by atoms with van der Waals surface area (Å²) in [5.74, 6) is 1.59. The van der Waals surface area contributed by atoms with Gasteiger partial charge in [0.1, 0.15) is 23.6 Å². The number of methoxy groups -OCH3 is 1. The molecule has 146 valence electrons. The van der Waals surface area contributed by atoms with Gasteiger partial charge in [0.25, 0.3) is 0 Å². The second-order valence-electron chi connectivity index (χ2n) is 10.1. The molecule has 1 aliphatic heterocycles. The van der Waals surface area contributed by atoms with E-state index in [-0.39, 0.29) is 23.0 Å². The van der Waals surface area contributed by atoms with E-state index in [9.17, 15) is 10.2 Å². The molecule has 3 fully saturated rings. The van der Waals surface area contributed by atoms with Gasteiger partial charge in [-0.25, -0.2) is 0 Å². The van der Waals surface area contributed by atoms with Crippen molar-refractivity contribution >= 4 is 0 Å². The topological polar surface area (TPSA) is 58.9 Å². The van der Waals surface area contributed by atoms with E-state index in [0.717, 1.165) is 12.0 Å². The van der Waals surface area contributed by atoms with Crippen LogP contribution in [0.2, 0.25) is 0 Å². The van der Waals surface area contributed by atoms with Crippen LogP contribution in [0.25, 0.3) is 0 Å². The predicted octanol–water partition coefficient (Wildman–Crippen LogP) is 3.58. The lowest BCUT2D eigenvalue weighted by Crippen LogP contribution is -2.64. The number of aliphatic hydroxyl groups is 2. The van der Waals surface area contributed by atoms with E-state index < -0.39 is 12.2 Å². The van der Waals surface area contributed by atoms with Crippen LogP contribution in [-0.2, 0) is 9.47 Å². The van der Waals surface area contributed by atoms with Crippen LogP contribution in [0, 0.1) is 22.7 Å². The maximum Gasteiger partial charge on any atom is 0.124 e. The molecular weight excluding hydrogens is 328 g/mol. The summed E-state index contributed by atoms with van der Waals surface area (Å²) < 4.78 is 12.6. The highest BCUT2D eigenvalue weighted by atomic mass is 16.5. The van der Waals surface area contributed by atoms with Crippen LogP contribution in [0.15, 0.2) is 23.5 Å². The van der Waals surface area contributed by atoms with E-state index in [1.165, 1.54) is 25.7 Å². The number of rotatable bonds is 1. The highest BCUT2D eigenvalue weighted by Gasteiger charge is 2.64. The van der Waals surface area contributed by atoms with E-state index in [2.05, 4.69) is 27.7 Å². The Morgan fingerprint density at radius 3 is 2.42 bits per heavy atom. The lowest BCUT2D eigenvalue weighted by atomic mass is 9.44. The average Bonchev–Trinajstić information content (AvgIpc) is 2.53. The van der Waals surface area contributed by atoms with Gasteiger partial charge in [0.05, 0.1) is 6.10 Å². The smallest absolute Gasteiger partial charge is 0.124 e. The van der Waals surface area contributed by atoms with Crippen LogP contribution in [0.1, 0.15) is 59.8 Å². The average molecular weight is 363 g/mol. The molecule has 0 aromatic carbocycles. The first kappa shape index (κ1) is 18.5.